The molecule has 0 spiro atoms. The number of benzene rings is 2. The Bertz CT molecular complexity index is 1050. The van der Waals surface area contributed by atoms with Crippen LogP contribution in [0.25, 0.3) is 12.2 Å². The van der Waals surface area contributed by atoms with Crippen LogP contribution in [-0.4, -0.2) is 42.1 Å². The molecule has 1 aliphatic rings. The summed E-state index contributed by atoms with van der Waals surface area (Å²) < 4.78 is 0. The molecule has 1 saturated heterocycles. The fraction of sp³-hybridized carbons (Fsp3) is 0.526. The molecular weight excluding hydrogens is 498 g/mol. The molecule has 1 N–H and O–H groups in total. The van der Waals surface area contributed by atoms with Gasteiger partial charge in [-0.3, -0.25) is 10.3 Å². The van der Waals surface area contributed by atoms with Crippen LogP contribution in [-0.2, 0) is 6.42 Å². The van der Waals surface area contributed by atoms with Gasteiger partial charge in [0.1, 0.15) is 0 Å². The Kier molecular flexibility index (Phi) is 14.6. The van der Waals surface area contributed by atoms with Gasteiger partial charge in [-0.05, 0) is 93.1 Å². The summed E-state index contributed by atoms with van der Waals surface area (Å²) in [6, 6.07) is 18.3. The molecular formula is C38H57N3. The summed E-state index contributed by atoms with van der Waals surface area (Å²) in [5, 5.41) is 2.53. The maximum atomic E-state index is 4.28. The quantitative estimate of drug-likeness (QED) is 0.112. The first-order valence-corrected chi connectivity index (χ1v) is 16.4. The van der Waals surface area contributed by atoms with Crippen LogP contribution in [0, 0.1) is 11.8 Å². The lowest BCUT2D eigenvalue weighted by atomic mass is 9.80. The summed E-state index contributed by atoms with van der Waals surface area (Å²) in [7, 11) is 0. The molecule has 2 aromatic rings. The lowest BCUT2D eigenvalue weighted by Crippen LogP contribution is -2.53. The molecule has 3 rings (SSSR count). The molecule has 3 nitrogen and oxygen atoms in total. The minimum atomic E-state index is 0.275. The summed E-state index contributed by atoms with van der Waals surface area (Å²) in [5.74, 6) is 1.40. The second-order valence-electron chi connectivity index (χ2n) is 11.8. The van der Waals surface area contributed by atoms with E-state index in [2.05, 4.69) is 129 Å². The molecule has 0 radical (unpaired) electrons. The number of nitrogens with one attached hydrogen (secondary N) is 1. The maximum Gasteiger partial charge on any atom is 0.0520 e. The molecule has 3 unspecified atom stereocenters. The molecule has 3 atom stereocenters. The van der Waals surface area contributed by atoms with Gasteiger partial charge in [-0.25, -0.2) is 5.01 Å². The number of nitrogens with zero attached hydrogens (tertiary/aromatic N) is 2. The van der Waals surface area contributed by atoms with Gasteiger partial charge in [0, 0.05) is 19.1 Å². The Labute approximate surface area is 252 Å². The highest BCUT2D eigenvalue weighted by Gasteiger charge is 2.35. The van der Waals surface area contributed by atoms with E-state index in [-0.39, 0.29) is 6.04 Å². The van der Waals surface area contributed by atoms with E-state index in [4.69, 9.17) is 0 Å². The van der Waals surface area contributed by atoms with E-state index >= 15 is 0 Å². The van der Waals surface area contributed by atoms with E-state index in [9.17, 15) is 0 Å². The lowest BCUT2D eigenvalue weighted by Gasteiger charge is -2.45. The Morgan fingerprint density at radius 3 is 2.39 bits per heavy atom. The topological polar surface area (TPSA) is 18.5 Å². The van der Waals surface area contributed by atoms with Crippen molar-refractivity contribution in [1.82, 2.24) is 15.3 Å². The van der Waals surface area contributed by atoms with Crippen molar-refractivity contribution >= 4 is 12.2 Å². The Balaban J connectivity index is 1.91. The largest absolute Gasteiger partial charge is 0.295 e. The van der Waals surface area contributed by atoms with E-state index < -0.39 is 0 Å². The summed E-state index contributed by atoms with van der Waals surface area (Å²) in [6.45, 7) is 21.8. The Morgan fingerprint density at radius 1 is 1.00 bits per heavy atom. The predicted molar refractivity (Wildman–Crippen MR) is 181 cm³/mol. The average Bonchev–Trinajstić information content (AvgIpc) is 3.01. The minimum Gasteiger partial charge on any atom is -0.295 e. The van der Waals surface area contributed by atoms with Gasteiger partial charge in [0.05, 0.1) is 6.04 Å². The van der Waals surface area contributed by atoms with Crippen molar-refractivity contribution in [2.45, 2.75) is 91.1 Å². The molecule has 2 aromatic carbocycles. The minimum absolute atomic E-state index is 0.275. The van der Waals surface area contributed by atoms with Crippen molar-refractivity contribution in [2.24, 2.45) is 11.8 Å². The smallest absolute Gasteiger partial charge is 0.0520 e. The van der Waals surface area contributed by atoms with Crippen molar-refractivity contribution < 1.29 is 0 Å². The fourth-order valence-corrected chi connectivity index (χ4v) is 6.73. The zero-order chi connectivity index (χ0) is 29.5. The molecule has 224 valence electrons. The monoisotopic (exact) mass is 555 g/mol. The fourth-order valence-electron chi connectivity index (χ4n) is 6.73. The van der Waals surface area contributed by atoms with Crippen LogP contribution in [0.5, 0.6) is 0 Å². The van der Waals surface area contributed by atoms with Crippen LogP contribution >= 0.6 is 0 Å². The highest BCUT2D eigenvalue weighted by Crippen LogP contribution is 2.37. The van der Waals surface area contributed by atoms with Crippen molar-refractivity contribution in [1.29, 1.82) is 0 Å². The maximum absolute atomic E-state index is 4.28. The second-order valence-corrected chi connectivity index (χ2v) is 11.8. The van der Waals surface area contributed by atoms with Crippen LogP contribution in [0.4, 0.5) is 0 Å². The molecule has 0 aromatic heterocycles. The van der Waals surface area contributed by atoms with Gasteiger partial charge in [-0.2, -0.15) is 0 Å². The summed E-state index contributed by atoms with van der Waals surface area (Å²) in [6.07, 6.45) is 18.6. The number of likely N-dealkylation sites (tertiary alicyclic amines) is 1. The van der Waals surface area contributed by atoms with E-state index in [1.807, 2.05) is 0 Å². The predicted octanol–water partition coefficient (Wildman–Crippen LogP) is 9.35. The Hall–Kier alpha value is -2.46. The van der Waals surface area contributed by atoms with Gasteiger partial charge in [0.15, 0.2) is 0 Å². The van der Waals surface area contributed by atoms with Crippen LogP contribution < -0.4 is 5.43 Å². The summed E-state index contributed by atoms with van der Waals surface area (Å²) in [4.78, 5) is 2.78. The van der Waals surface area contributed by atoms with Gasteiger partial charge in [0.25, 0.3) is 0 Å². The normalized spacial score (nSPS) is 17.1. The number of hydrogen-bond acceptors (Lipinski definition) is 3. The molecule has 41 heavy (non-hydrogen) atoms. The first-order chi connectivity index (χ1) is 20.1. The van der Waals surface area contributed by atoms with Crippen LogP contribution in [0.1, 0.15) is 101 Å². The number of rotatable bonds is 18. The zero-order valence-electron chi connectivity index (χ0n) is 26.5. The molecule has 1 aliphatic heterocycles. The van der Waals surface area contributed by atoms with Gasteiger partial charge in [0.2, 0.25) is 0 Å². The first kappa shape index (κ1) is 33.0. The van der Waals surface area contributed by atoms with Gasteiger partial charge in [-0.15, -0.1) is 6.58 Å². The zero-order valence-corrected chi connectivity index (χ0v) is 26.5. The molecule has 1 fully saturated rings. The van der Waals surface area contributed by atoms with Gasteiger partial charge >= 0.3 is 0 Å². The standard InChI is InChI=1S/C38H57N3/c1-7-12-14-21-33(10-4)34-25-28-40(29-26-34)38(37-23-17-22-35(18-8-2)36(37)11-5)31(6)41(39-27-9-3)30-24-32-19-15-13-16-20-32/h8,10-11,13,15-20,22-23,31,33-34,38-39H,4-5,7,9,12,14,21,24-30H2,1-3,6H3/b18-8-. The van der Waals surface area contributed by atoms with E-state index in [1.54, 1.807) is 0 Å². The molecule has 0 aliphatic carbocycles. The van der Waals surface area contributed by atoms with Crippen LogP contribution in [0.3, 0.4) is 0 Å². The van der Waals surface area contributed by atoms with Gasteiger partial charge in [-0.1, -0.05) is 113 Å². The molecule has 3 heteroatoms. The number of hydrazine groups is 1. The van der Waals surface area contributed by atoms with Crippen molar-refractivity contribution in [3.8, 4) is 0 Å². The number of piperidine rings is 1. The number of unbranched alkanes of at least 4 members (excludes halogenated alkanes) is 2. The summed E-state index contributed by atoms with van der Waals surface area (Å²) in [5.41, 5.74) is 9.14. The third kappa shape index (κ3) is 9.53. The molecule has 0 bridgehead atoms. The van der Waals surface area contributed by atoms with Crippen LogP contribution in [0.2, 0.25) is 0 Å². The average molecular weight is 556 g/mol. The van der Waals surface area contributed by atoms with Crippen LogP contribution in [0.15, 0.2) is 73.8 Å². The molecule has 1 heterocycles. The lowest BCUT2D eigenvalue weighted by molar-refractivity contribution is 0.0288. The van der Waals surface area contributed by atoms with E-state index in [1.165, 1.54) is 60.8 Å². The highest BCUT2D eigenvalue weighted by molar-refractivity contribution is 5.67. The summed E-state index contributed by atoms with van der Waals surface area (Å²) >= 11 is 0. The van der Waals surface area contributed by atoms with Crippen molar-refractivity contribution in [2.75, 3.05) is 26.2 Å². The molecule has 0 amide bonds. The van der Waals surface area contributed by atoms with Gasteiger partial charge < -0.3 is 0 Å². The first-order valence-electron chi connectivity index (χ1n) is 16.4. The van der Waals surface area contributed by atoms with E-state index in [0.29, 0.717) is 12.0 Å². The van der Waals surface area contributed by atoms with Crippen molar-refractivity contribution in [3.63, 3.8) is 0 Å². The third-order valence-corrected chi connectivity index (χ3v) is 9.06. The molecule has 0 saturated carbocycles. The van der Waals surface area contributed by atoms with Crippen molar-refractivity contribution in [3.05, 3.63) is 96.1 Å². The Morgan fingerprint density at radius 2 is 1.76 bits per heavy atom. The SMILES string of the molecule is C=Cc1c(/C=C\C)cccc1C(C(C)N(CCc1ccccc1)NCCC)N1CCC(C(C=C)CCCCC)CC1. The third-order valence-electron chi connectivity index (χ3n) is 9.06. The number of hydrogen-bond donors (Lipinski definition) is 1. The number of allylic oxidation sites excluding steroid dienone is 2. The highest BCUT2D eigenvalue weighted by atomic mass is 15.5. The van der Waals surface area contributed by atoms with E-state index in [0.717, 1.165) is 44.9 Å². The second kappa shape index (κ2) is 18.2.